The normalized spacial score (nSPS) is 19.5. The molecule has 3 aliphatic rings. The van der Waals surface area contributed by atoms with Crippen LogP contribution in [-0.2, 0) is 41.4 Å². The Morgan fingerprint density at radius 3 is 2.32 bits per heavy atom. The number of hydrogen-bond donors (Lipinski definition) is 3. The maximum absolute atomic E-state index is 13.5. The molecule has 3 heterocycles. The van der Waals surface area contributed by atoms with Crippen LogP contribution in [0.5, 0.6) is 5.75 Å². The number of aldehydes is 1. The van der Waals surface area contributed by atoms with Crippen molar-refractivity contribution in [2.75, 3.05) is 29.6 Å². The average molecular weight is 1010 g/mol. The number of urea groups is 1. The number of amides is 5. The summed E-state index contributed by atoms with van der Waals surface area (Å²) >= 11 is 1.60. The van der Waals surface area contributed by atoms with Crippen LogP contribution >= 0.6 is 11.3 Å². The van der Waals surface area contributed by atoms with E-state index < -0.39 is 64.5 Å². The minimum atomic E-state index is -4.85. The highest BCUT2D eigenvalue weighted by Crippen LogP contribution is 2.40. The smallest absolute Gasteiger partial charge is 0.417 e. The van der Waals surface area contributed by atoms with E-state index in [9.17, 15) is 42.3 Å². The number of anilines is 2. The first-order valence-corrected chi connectivity index (χ1v) is 24.0. The van der Waals surface area contributed by atoms with Crippen LogP contribution in [0.3, 0.4) is 0 Å². The molecule has 382 valence electrons. The van der Waals surface area contributed by atoms with E-state index >= 15 is 0 Å². The van der Waals surface area contributed by atoms with Gasteiger partial charge in [0, 0.05) is 25.2 Å². The van der Waals surface area contributed by atoms with E-state index in [1.807, 2.05) is 69.6 Å². The van der Waals surface area contributed by atoms with E-state index in [1.54, 1.807) is 48.6 Å². The molecule has 2 fully saturated rings. The van der Waals surface area contributed by atoms with Crippen LogP contribution in [0.15, 0.2) is 96.2 Å². The number of ether oxygens (including phenoxy) is 3. The van der Waals surface area contributed by atoms with Crippen LogP contribution in [-0.4, -0.2) is 101 Å². The molecule has 0 saturated carbocycles. The van der Waals surface area contributed by atoms with E-state index in [0.29, 0.717) is 47.4 Å². The Morgan fingerprint density at radius 1 is 1.06 bits per heavy atom. The summed E-state index contributed by atoms with van der Waals surface area (Å²) in [6.45, 7) is 13.3. The van der Waals surface area contributed by atoms with Crippen LogP contribution in [0.25, 0.3) is 10.4 Å². The van der Waals surface area contributed by atoms with Gasteiger partial charge in [0.15, 0.2) is 12.4 Å². The number of carbonyl (C=O) groups excluding carboxylic acids is 5. The lowest BCUT2D eigenvalue weighted by molar-refractivity contribution is -0.141. The quantitative estimate of drug-likeness (QED) is 0.0596. The summed E-state index contributed by atoms with van der Waals surface area (Å²) in [5, 5.41) is 22.0. The van der Waals surface area contributed by atoms with Gasteiger partial charge in [-0.1, -0.05) is 51.1 Å². The third-order valence-electron chi connectivity index (χ3n) is 12.2. The van der Waals surface area contributed by atoms with Gasteiger partial charge in [-0.05, 0) is 105 Å². The highest BCUT2D eigenvalue weighted by Gasteiger charge is 2.53. The molecule has 4 aromatic rings. The molecule has 5 amide bonds. The zero-order valence-electron chi connectivity index (χ0n) is 40.9. The molecule has 2 saturated heterocycles. The second kappa shape index (κ2) is 22.7. The summed E-state index contributed by atoms with van der Waals surface area (Å²) in [6.07, 6.45) is 0.685. The lowest BCUT2D eigenvalue weighted by Crippen LogP contribution is -2.54. The molecular weight excluding hydrogens is 956 g/mol. The number of allylic oxidation sites excluding steroid dienone is 1. The van der Waals surface area contributed by atoms with E-state index in [-0.39, 0.29) is 49.8 Å². The Balaban J connectivity index is 0.000000249. The fourth-order valence-corrected chi connectivity index (χ4v) is 8.87. The number of imide groups is 1. The molecule has 5 atom stereocenters. The number of hydrogen-bond acceptors (Lipinski definition) is 13. The maximum atomic E-state index is 13.5. The topological polar surface area (TPSA) is 218 Å². The first kappa shape index (κ1) is 54.4. The van der Waals surface area contributed by atoms with Gasteiger partial charge in [-0.15, -0.1) is 11.3 Å². The highest BCUT2D eigenvalue weighted by molar-refractivity contribution is 7.13. The molecule has 0 radical (unpaired) electrons. The molecule has 20 heteroatoms. The second-order valence-electron chi connectivity index (χ2n) is 19.0. The number of nitrogens with two attached hydrogens (primary N) is 1. The van der Waals surface area contributed by atoms with Crippen LogP contribution < -0.4 is 25.6 Å². The number of aliphatic hydroxyl groups is 1. The fourth-order valence-electron chi connectivity index (χ4n) is 8.06. The average Bonchev–Trinajstić information content (AvgIpc) is 4.01. The van der Waals surface area contributed by atoms with E-state index in [2.05, 4.69) is 10.3 Å². The predicted octanol–water partition coefficient (Wildman–Crippen LogP) is 7.61. The third-order valence-corrected chi connectivity index (χ3v) is 13.1. The van der Waals surface area contributed by atoms with Crippen LogP contribution in [0, 0.1) is 23.7 Å². The first-order chi connectivity index (χ1) is 33.9. The number of aliphatic hydroxyl groups excluding tert-OH is 1. The highest BCUT2D eigenvalue weighted by atomic mass is 32.1. The lowest BCUT2D eigenvalue weighted by atomic mass is 9.86. The lowest BCUT2D eigenvalue weighted by Gasteiger charge is -2.32. The molecule has 4 N–H and O–H groups in total. The number of aromatic nitrogens is 1. The number of nitrogens with one attached hydrogen (secondary N) is 1. The van der Waals surface area contributed by atoms with Crippen molar-refractivity contribution in [1.82, 2.24) is 15.2 Å². The fraction of sp³-hybridized carbons (Fsp3) is 0.404. The summed E-state index contributed by atoms with van der Waals surface area (Å²) in [6, 6.07) is 16.3. The predicted molar refractivity (Wildman–Crippen MR) is 263 cm³/mol. The molecule has 0 spiro atoms. The van der Waals surface area contributed by atoms with E-state index in [1.165, 1.54) is 29.7 Å². The van der Waals surface area contributed by atoms with Crippen LogP contribution in [0.1, 0.15) is 76.8 Å². The van der Waals surface area contributed by atoms with Crippen LogP contribution in [0.2, 0.25) is 0 Å². The third kappa shape index (κ3) is 12.8. The van der Waals surface area contributed by atoms with Gasteiger partial charge >= 0.3 is 12.2 Å². The number of carbonyl (C=O) groups is 5. The van der Waals surface area contributed by atoms with Gasteiger partial charge < -0.3 is 35.3 Å². The van der Waals surface area contributed by atoms with Gasteiger partial charge in [0.2, 0.25) is 11.8 Å². The van der Waals surface area contributed by atoms with Gasteiger partial charge in [0.25, 0.3) is 5.91 Å². The Kier molecular flexibility index (Phi) is 17.1. The van der Waals surface area contributed by atoms with Gasteiger partial charge in [0.1, 0.15) is 29.7 Å². The van der Waals surface area contributed by atoms with Crippen molar-refractivity contribution in [3.8, 4) is 22.3 Å². The number of halogens is 3. The molecule has 72 heavy (non-hydrogen) atoms. The zero-order chi connectivity index (χ0) is 52.7. The summed E-state index contributed by atoms with van der Waals surface area (Å²) < 4.78 is 57.4. The maximum Gasteiger partial charge on any atom is 0.417 e. The van der Waals surface area contributed by atoms with Gasteiger partial charge in [-0.25, -0.2) is 14.7 Å². The number of aryl methyl sites for hydroxylation is 1. The molecule has 16 nitrogen and oxygen atoms in total. The number of β-amino-alcohol motifs (C(OH)–C–C–N with tert-alkyl or cyclic N) is 1. The summed E-state index contributed by atoms with van der Waals surface area (Å²) in [5.74, 6) is -0.203. The Morgan fingerprint density at radius 2 is 1.74 bits per heavy atom. The van der Waals surface area contributed by atoms with E-state index in [0.717, 1.165) is 33.8 Å². The number of thiazole rings is 1. The number of alkyl halides is 3. The molecule has 0 bridgehead atoms. The van der Waals surface area contributed by atoms with Crippen molar-refractivity contribution in [1.29, 1.82) is 5.26 Å². The Labute approximate surface area is 419 Å². The molecule has 3 aromatic carbocycles. The number of nitrogens with zero attached hydrogens (tertiary/aromatic N) is 5. The van der Waals surface area contributed by atoms with Crippen LogP contribution in [0.4, 0.5) is 29.3 Å². The minimum absolute atomic E-state index is 0.129. The number of rotatable bonds is 15. The molecule has 3 unspecified atom stereocenters. The van der Waals surface area contributed by atoms with Gasteiger partial charge in [-0.3, -0.25) is 24.1 Å². The SMILES string of the molecule is CC(C=O)OC1=CCC(OCCOc2ccc(N3C(=O)N(c4ccc(C#N)c(C(F)(F)F)c4)C(=O)C3(C)C)cc2)C=C1.Cc1ncsc1-c1ccc(CNC(=O)C2C[C@@H](O)CN2C(=O)[C@@H](N)C(C)(C)C)cc1. The van der Waals surface area contributed by atoms with Crippen molar-refractivity contribution in [3.05, 3.63) is 119 Å². The van der Waals surface area contributed by atoms with Gasteiger partial charge in [0.05, 0.1) is 63.8 Å². The largest absolute Gasteiger partial charge is 0.491 e. The second-order valence-corrected chi connectivity index (χ2v) is 19.8. The molecule has 7 rings (SSSR count). The molecule has 1 aromatic heterocycles. The Hall–Kier alpha value is -6.92. The van der Waals surface area contributed by atoms with E-state index in [4.69, 9.17) is 25.2 Å². The molecule has 1 aliphatic carbocycles. The summed E-state index contributed by atoms with van der Waals surface area (Å²) in [4.78, 5) is 71.6. The monoisotopic (exact) mass is 1010 g/mol. The molecule has 2 aliphatic heterocycles. The van der Waals surface area contributed by atoms with Gasteiger partial charge in [-0.2, -0.15) is 18.4 Å². The summed E-state index contributed by atoms with van der Waals surface area (Å²) in [5.41, 5.74) is 7.36. The zero-order valence-corrected chi connectivity index (χ0v) is 41.8. The summed E-state index contributed by atoms with van der Waals surface area (Å²) in [7, 11) is 0. The molecular formula is C52H58F3N7O9S. The van der Waals surface area contributed by atoms with Crippen molar-refractivity contribution in [3.63, 3.8) is 0 Å². The van der Waals surface area contributed by atoms with Crippen molar-refractivity contribution in [2.45, 2.75) is 110 Å². The minimum Gasteiger partial charge on any atom is -0.491 e. The first-order valence-electron chi connectivity index (χ1n) is 23.1. The van der Waals surface area contributed by atoms with Crippen molar-refractivity contribution >= 4 is 52.8 Å². The number of benzene rings is 3. The standard InChI is InChI=1S/C30H28F3N3O6.C22H30N4O3S/c1-19(18-37)42-25-12-10-24(11-13-25)41-15-14-40-23-8-6-21(7-9-23)36-28(39)35(27(38)29(36,2)3)22-5-4-20(17-34)26(16-22)30(31,32)33;1-13-18(30-12-25-13)15-7-5-14(6-8-15)10-24-20(28)17-9-16(27)11-26(17)21(29)19(23)22(2,3)4/h4-10,12-13,16,18-19,24H,11,14-15H2,1-3H3;5-8,12,16-17,19,27H,9-11,23H2,1-4H3,(H,24,28)/t;16-,17?,19-/m.1/s1. The number of likely N-dealkylation sites (tertiary alicyclic amines) is 1. The van der Waals surface area contributed by atoms with Crippen molar-refractivity contribution < 1.29 is 56.5 Å². The van der Waals surface area contributed by atoms with Crippen molar-refractivity contribution in [2.24, 2.45) is 11.1 Å². The Bertz CT molecular complexity index is 2730. The number of nitriles is 1.